The standard InChI is InChI=1S/C34H50N2O3/c1-27(2)25-33(29-11-6-5-7-12-29)21-19-32(4,20-22-33)26-36(23-15-30(35)13-8-9-24-37)31(38)28(3)14-18-34(39)16-10-17-34/h5-8,11-13,35,37,39H,1,3,9-10,14-26H2,2,4H3/b13-8+,35-30?/t32-,33+. The normalized spacial score (nSPS) is 24.2. The molecule has 39 heavy (non-hydrogen) atoms. The molecule has 0 heterocycles. The van der Waals surface area contributed by atoms with Crippen LogP contribution in [0.5, 0.6) is 0 Å². The Kier molecular flexibility index (Phi) is 10.9. The van der Waals surface area contributed by atoms with Gasteiger partial charge in [0, 0.05) is 37.4 Å². The third-order valence-corrected chi connectivity index (χ3v) is 9.05. The van der Waals surface area contributed by atoms with E-state index in [0.29, 0.717) is 50.1 Å². The van der Waals surface area contributed by atoms with Crippen molar-refractivity contribution >= 4 is 11.6 Å². The second-order valence-corrected chi connectivity index (χ2v) is 12.7. The van der Waals surface area contributed by atoms with Crippen molar-refractivity contribution in [3.8, 4) is 0 Å². The maximum atomic E-state index is 13.7. The van der Waals surface area contributed by atoms with Crippen LogP contribution < -0.4 is 0 Å². The third kappa shape index (κ3) is 8.74. The van der Waals surface area contributed by atoms with Crippen LogP contribution in [0, 0.1) is 10.8 Å². The number of allylic oxidation sites excluding steroid dienone is 2. The van der Waals surface area contributed by atoms with E-state index in [-0.39, 0.29) is 23.3 Å². The van der Waals surface area contributed by atoms with Crippen LogP contribution in [0.2, 0.25) is 0 Å². The molecule has 1 aromatic rings. The minimum absolute atomic E-state index is 0.0234. The molecular formula is C34H50N2O3. The molecule has 2 saturated carbocycles. The largest absolute Gasteiger partial charge is 0.396 e. The van der Waals surface area contributed by atoms with Crippen molar-refractivity contribution in [2.24, 2.45) is 5.41 Å². The number of nitrogens with one attached hydrogen (secondary N) is 1. The molecule has 0 radical (unpaired) electrons. The van der Waals surface area contributed by atoms with Gasteiger partial charge in [-0.25, -0.2) is 0 Å². The number of amides is 1. The van der Waals surface area contributed by atoms with Gasteiger partial charge >= 0.3 is 0 Å². The molecular weight excluding hydrogens is 484 g/mol. The maximum Gasteiger partial charge on any atom is 0.249 e. The summed E-state index contributed by atoms with van der Waals surface area (Å²) in [5, 5.41) is 27.9. The Balaban J connectivity index is 1.71. The van der Waals surface area contributed by atoms with Gasteiger partial charge in [0.15, 0.2) is 0 Å². The quantitative estimate of drug-likeness (QED) is 0.130. The van der Waals surface area contributed by atoms with E-state index < -0.39 is 5.60 Å². The number of carbonyl (C=O) groups excluding carboxylic acids is 1. The van der Waals surface area contributed by atoms with Crippen LogP contribution in [0.25, 0.3) is 0 Å². The fourth-order valence-electron chi connectivity index (χ4n) is 6.33. The van der Waals surface area contributed by atoms with Crippen molar-refractivity contribution in [2.45, 2.75) is 102 Å². The number of benzene rings is 1. The molecule has 0 aliphatic heterocycles. The second kappa shape index (κ2) is 13.7. The Morgan fingerprint density at radius 1 is 1.08 bits per heavy atom. The fraction of sp³-hybridized carbons (Fsp3) is 0.588. The summed E-state index contributed by atoms with van der Waals surface area (Å²) in [6, 6.07) is 10.8. The average molecular weight is 535 g/mol. The number of carbonyl (C=O) groups is 1. The van der Waals surface area contributed by atoms with Crippen molar-refractivity contribution in [1.82, 2.24) is 4.90 Å². The highest BCUT2D eigenvalue weighted by Crippen LogP contribution is 2.50. The third-order valence-electron chi connectivity index (χ3n) is 9.05. The van der Waals surface area contributed by atoms with Crippen molar-refractivity contribution in [2.75, 3.05) is 19.7 Å². The zero-order valence-electron chi connectivity index (χ0n) is 24.3. The SMILES string of the molecule is C=C(C)C[C@]1(c2ccccc2)CC[C@@](C)(CN(CCC(=N)/C=C/CCO)C(=O)C(=C)CCC2(O)CCC2)CC1. The predicted octanol–water partition coefficient (Wildman–Crippen LogP) is 6.90. The molecule has 0 spiro atoms. The summed E-state index contributed by atoms with van der Waals surface area (Å²) in [5.74, 6) is -0.0480. The van der Waals surface area contributed by atoms with E-state index in [9.17, 15) is 9.90 Å². The van der Waals surface area contributed by atoms with Gasteiger partial charge in [0.05, 0.1) is 5.60 Å². The smallest absolute Gasteiger partial charge is 0.249 e. The van der Waals surface area contributed by atoms with Crippen LogP contribution >= 0.6 is 0 Å². The Bertz CT molecular complexity index is 1030. The molecule has 3 N–H and O–H groups in total. The van der Waals surface area contributed by atoms with Crippen LogP contribution in [0.15, 0.2) is 66.8 Å². The van der Waals surface area contributed by atoms with E-state index in [1.165, 1.54) is 11.1 Å². The lowest BCUT2D eigenvalue weighted by molar-refractivity contribution is -0.129. The highest BCUT2D eigenvalue weighted by atomic mass is 16.3. The van der Waals surface area contributed by atoms with Crippen LogP contribution in [0.1, 0.15) is 96.5 Å². The summed E-state index contributed by atoms with van der Waals surface area (Å²) in [6.07, 6.45) is 13.4. The van der Waals surface area contributed by atoms with E-state index in [1.54, 1.807) is 12.2 Å². The molecule has 5 nitrogen and oxygen atoms in total. The molecule has 3 rings (SSSR count). The highest BCUT2D eigenvalue weighted by molar-refractivity contribution is 5.95. The van der Waals surface area contributed by atoms with E-state index in [2.05, 4.69) is 57.3 Å². The summed E-state index contributed by atoms with van der Waals surface area (Å²) in [7, 11) is 0. The minimum atomic E-state index is -0.632. The molecule has 0 saturated heterocycles. The Hall–Kier alpha value is -2.50. The molecule has 214 valence electrons. The molecule has 2 aliphatic carbocycles. The van der Waals surface area contributed by atoms with E-state index in [0.717, 1.165) is 51.4 Å². The highest BCUT2D eigenvalue weighted by Gasteiger charge is 2.42. The van der Waals surface area contributed by atoms with E-state index in [1.807, 2.05) is 4.90 Å². The van der Waals surface area contributed by atoms with Gasteiger partial charge in [-0.05, 0) is 100 Å². The lowest BCUT2D eigenvalue weighted by atomic mass is 9.59. The van der Waals surface area contributed by atoms with Crippen molar-refractivity contribution in [3.63, 3.8) is 0 Å². The first-order valence-electron chi connectivity index (χ1n) is 14.7. The average Bonchev–Trinajstić information content (AvgIpc) is 2.90. The van der Waals surface area contributed by atoms with Crippen LogP contribution in [-0.4, -0.2) is 52.0 Å². The predicted molar refractivity (Wildman–Crippen MR) is 161 cm³/mol. The number of hydrogen-bond donors (Lipinski definition) is 3. The zero-order chi connectivity index (χ0) is 28.5. The molecule has 2 fully saturated rings. The first-order valence-corrected chi connectivity index (χ1v) is 14.7. The van der Waals surface area contributed by atoms with E-state index in [4.69, 9.17) is 10.5 Å². The number of nitrogens with zero attached hydrogens (tertiary/aromatic N) is 1. The summed E-state index contributed by atoms with van der Waals surface area (Å²) < 4.78 is 0. The molecule has 0 aromatic heterocycles. The van der Waals surface area contributed by atoms with Crippen LogP contribution in [0.3, 0.4) is 0 Å². The maximum absolute atomic E-state index is 13.7. The van der Waals surface area contributed by atoms with Gasteiger partial charge in [-0.1, -0.05) is 55.5 Å². The number of hydrogen-bond acceptors (Lipinski definition) is 4. The van der Waals surface area contributed by atoms with Gasteiger partial charge in [0.1, 0.15) is 0 Å². The zero-order valence-corrected chi connectivity index (χ0v) is 24.3. The molecule has 1 amide bonds. The summed E-state index contributed by atoms with van der Waals surface area (Å²) in [5.41, 5.74) is 3.03. The molecule has 0 atom stereocenters. The monoisotopic (exact) mass is 534 g/mol. The number of aliphatic hydroxyl groups is 2. The lowest BCUT2D eigenvalue weighted by Crippen LogP contribution is -2.45. The topological polar surface area (TPSA) is 84.6 Å². The first kappa shape index (κ1) is 31.0. The summed E-state index contributed by atoms with van der Waals surface area (Å²) in [4.78, 5) is 15.6. The fourth-order valence-corrected chi connectivity index (χ4v) is 6.33. The van der Waals surface area contributed by atoms with Gasteiger partial charge in [0.2, 0.25) is 5.91 Å². The minimum Gasteiger partial charge on any atom is -0.396 e. The van der Waals surface area contributed by atoms with Crippen molar-refractivity contribution in [1.29, 1.82) is 5.41 Å². The van der Waals surface area contributed by atoms with Gasteiger partial charge in [0.25, 0.3) is 0 Å². The molecule has 0 unspecified atom stereocenters. The Morgan fingerprint density at radius 3 is 2.31 bits per heavy atom. The molecule has 5 heteroatoms. The first-order chi connectivity index (χ1) is 18.5. The van der Waals surface area contributed by atoms with Crippen LogP contribution in [-0.2, 0) is 10.2 Å². The summed E-state index contributed by atoms with van der Waals surface area (Å²) in [6.45, 7) is 14.0. The van der Waals surface area contributed by atoms with Gasteiger partial charge < -0.3 is 20.5 Å². The Morgan fingerprint density at radius 2 is 1.74 bits per heavy atom. The number of aliphatic hydroxyl groups excluding tert-OH is 1. The van der Waals surface area contributed by atoms with Crippen molar-refractivity contribution < 1.29 is 15.0 Å². The van der Waals surface area contributed by atoms with Gasteiger partial charge in [-0.3, -0.25) is 4.79 Å². The lowest BCUT2D eigenvalue weighted by Gasteiger charge is -2.47. The van der Waals surface area contributed by atoms with Crippen molar-refractivity contribution in [3.05, 3.63) is 72.4 Å². The molecule has 2 aliphatic rings. The molecule has 1 aromatic carbocycles. The van der Waals surface area contributed by atoms with E-state index >= 15 is 0 Å². The second-order valence-electron chi connectivity index (χ2n) is 12.7. The van der Waals surface area contributed by atoms with Crippen LogP contribution in [0.4, 0.5) is 0 Å². The van der Waals surface area contributed by atoms with Gasteiger partial charge in [-0.2, -0.15) is 0 Å². The summed E-state index contributed by atoms with van der Waals surface area (Å²) >= 11 is 0. The molecule has 0 bridgehead atoms. The number of rotatable bonds is 15. The Labute approximate surface area is 236 Å². The van der Waals surface area contributed by atoms with Gasteiger partial charge in [-0.15, -0.1) is 6.58 Å².